The zero-order valence-corrected chi connectivity index (χ0v) is 20.8. The van der Waals surface area contributed by atoms with E-state index < -0.39 is 45.0 Å². The highest BCUT2D eigenvalue weighted by Crippen LogP contribution is 2.31. The van der Waals surface area contributed by atoms with E-state index in [1.165, 1.54) is 12.1 Å². The number of hydrogen-bond donors (Lipinski definition) is 2. The summed E-state index contributed by atoms with van der Waals surface area (Å²) in [7, 11) is -4.26. The molecule has 3 aromatic carbocycles. The van der Waals surface area contributed by atoms with Crippen molar-refractivity contribution in [2.24, 2.45) is 0 Å². The monoisotopic (exact) mass is 558 g/mol. The Labute approximate surface area is 215 Å². The molecule has 8 nitrogen and oxygen atoms in total. The van der Waals surface area contributed by atoms with Crippen molar-refractivity contribution in [3.63, 3.8) is 0 Å². The lowest BCUT2D eigenvalue weighted by Gasteiger charge is -2.13. The summed E-state index contributed by atoms with van der Waals surface area (Å²) in [5.74, 6) is -3.38. The minimum absolute atomic E-state index is 0.207. The minimum Gasteiger partial charge on any atom is -0.494 e. The highest BCUT2D eigenvalue weighted by atomic mass is 35.5. The van der Waals surface area contributed by atoms with E-state index in [-0.39, 0.29) is 27.0 Å². The number of benzene rings is 3. The predicted octanol–water partition coefficient (Wildman–Crippen LogP) is 5.27. The van der Waals surface area contributed by atoms with E-state index in [0.717, 1.165) is 24.3 Å². The normalized spacial score (nSPS) is 11.0. The Morgan fingerprint density at radius 1 is 0.972 bits per heavy atom. The number of anilines is 2. The highest BCUT2D eigenvalue weighted by Gasteiger charge is 2.24. The quantitative estimate of drug-likeness (QED) is 0.346. The predicted molar refractivity (Wildman–Crippen MR) is 130 cm³/mol. The molecule has 0 aliphatic rings. The van der Waals surface area contributed by atoms with Crippen molar-refractivity contribution < 1.29 is 36.3 Å². The van der Waals surface area contributed by atoms with E-state index in [0.29, 0.717) is 18.4 Å². The second-order valence-electron chi connectivity index (χ2n) is 7.07. The van der Waals surface area contributed by atoms with E-state index in [4.69, 9.17) is 32.7 Å². The fraction of sp³-hybridized carbons (Fsp3) is 0.130. The van der Waals surface area contributed by atoms with Gasteiger partial charge in [0.05, 0.1) is 27.9 Å². The first-order valence-electron chi connectivity index (χ1n) is 10.2. The molecule has 3 rings (SSSR count). The van der Waals surface area contributed by atoms with E-state index in [2.05, 4.69) is 10.0 Å². The highest BCUT2D eigenvalue weighted by molar-refractivity contribution is 7.92. The third kappa shape index (κ3) is 6.84. The summed E-state index contributed by atoms with van der Waals surface area (Å²) < 4.78 is 64.9. The van der Waals surface area contributed by atoms with Gasteiger partial charge < -0.3 is 14.8 Å². The molecule has 2 N–H and O–H groups in total. The number of carbonyl (C=O) groups excluding carboxylic acids is 2. The summed E-state index contributed by atoms with van der Waals surface area (Å²) in [5, 5.41) is 1.62. The lowest BCUT2D eigenvalue weighted by atomic mass is 10.2. The van der Waals surface area contributed by atoms with Gasteiger partial charge in [-0.2, -0.15) is 0 Å². The van der Waals surface area contributed by atoms with Gasteiger partial charge in [0.1, 0.15) is 22.3 Å². The molecule has 13 heteroatoms. The van der Waals surface area contributed by atoms with Crippen LogP contribution in [0.25, 0.3) is 0 Å². The minimum atomic E-state index is -4.26. The van der Waals surface area contributed by atoms with Crippen molar-refractivity contribution in [3.8, 4) is 5.75 Å². The molecular formula is C23H18Cl2F2N2O6S. The molecule has 0 atom stereocenters. The van der Waals surface area contributed by atoms with Crippen LogP contribution >= 0.6 is 23.2 Å². The van der Waals surface area contributed by atoms with Gasteiger partial charge in [-0.05, 0) is 55.5 Å². The van der Waals surface area contributed by atoms with Crippen LogP contribution in [-0.4, -0.2) is 33.5 Å². The van der Waals surface area contributed by atoms with Gasteiger partial charge in [-0.1, -0.05) is 23.2 Å². The van der Waals surface area contributed by atoms with Gasteiger partial charge in [0, 0.05) is 11.8 Å². The van der Waals surface area contributed by atoms with Gasteiger partial charge in [-0.3, -0.25) is 9.52 Å². The molecule has 0 heterocycles. The number of esters is 1. The fourth-order valence-corrected chi connectivity index (χ4v) is 4.78. The average molecular weight is 559 g/mol. The molecular weight excluding hydrogens is 541 g/mol. The third-order valence-corrected chi connectivity index (χ3v) is 6.65. The maximum Gasteiger partial charge on any atom is 0.340 e. The topological polar surface area (TPSA) is 111 Å². The van der Waals surface area contributed by atoms with Gasteiger partial charge in [-0.25, -0.2) is 22.0 Å². The fourth-order valence-electron chi connectivity index (χ4n) is 2.87. The van der Waals surface area contributed by atoms with Crippen LogP contribution in [0.15, 0.2) is 59.5 Å². The van der Waals surface area contributed by atoms with E-state index in [1.54, 1.807) is 19.1 Å². The van der Waals surface area contributed by atoms with Crippen LogP contribution in [0.3, 0.4) is 0 Å². The Kier molecular flexibility index (Phi) is 8.72. The number of amides is 1. The van der Waals surface area contributed by atoms with Crippen LogP contribution < -0.4 is 14.8 Å². The van der Waals surface area contributed by atoms with Crippen molar-refractivity contribution in [3.05, 3.63) is 81.8 Å². The Morgan fingerprint density at radius 2 is 1.67 bits per heavy atom. The number of rotatable bonds is 9. The molecule has 0 bridgehead atoms. The Morgan fingerprint density at radius 3 is 2.31 bits per heavy atom. The Bertz CT molecular complexity index is 1400. The molecule has 190 valence electrons. The van der Waals surface area contributed by atoms with Crippen molar-refractivity contribution in [2.75, 3.05) is 23.3 Å². The van der Waals surface area contributed by atoms with Crippen LogP contribution in [0.5, 0.6) is 5.75 Å². The van der Waals surface area contributed by atoms with Crippen LogP contribution in [0.2, 0.25) is 10.0 Å². The first-order chi connectivity index (χ1) is 17.0. The van der Waals surface area contributed by atoms with Gasteiger partial charge in [0.2, 0.25) is 0 Å². The molecule has 0 fully saturated rings. The summed E-state index contributed by atoms with van der Waals surface area (Å²) in [6, 6.07) is 10.5. The largest absolute Gasteiger partial charge is 0.494 e. The number of halogens is 4. The standard InChI is InChI=1S/C23H18Cl2F2N2O6S/c1-2-34-15-6-4-14(5-7-15)29-36(32,33)21-10-16(17(24)11-18(21)25)23(31)35-12-22(30)28-20-8-3-13(26)9-19(20)27/h3-11,29H,2,12H2,1H3,(H,28,30). The second kappa shape index (κ2) is 11.5. The number of hydrogen-bond acceptors (Lipinski definition) is 6. The van der Waals surface area contributed by atoms with Crippen LogP contribution in [0.4, 0.5) is 20.2 Å². The van der Waals surface area contributed by atoms with Crippen molar-refractivity contribution in [1.82, 2.24) is 0 Å². The van der Waals surface area contributed by atoms with E-state index >= 15 is 0 Å². The van der Waals surface area contributed by atoms with Gasteiger partial charge >= 0.3 is 5.97 Å². The van der Waals surface area contributed by atoms with Gasteiger partial charge in [0.15, 0.2) is 6.61 Å². The average Bonchev–Trinajstić information content (AvgIpc) is 2.80. The van der Waals surface area contributed by atoms with Crippen molar-refractivity contribution in [2.45, 2.75) is 11.8 Å². The Hall–Kier alpha value is -3.41. The summed E-state index contributed by atoms with van der Waals surface area (Å²) >= 11 is 12.1. The van der Waals surface area contributed by atoms with Crippen LogP contribution in [0, 0.1) is 11.6 Å². The van der Waals surface area contributed by atoms with E-state index in [9.17, 15) is 26.8 Å². The molecule has 1 amide bonds. The maximum atomic E-state index is 13.7. The Balaban J connectivity index is 1.73. The third-order valence-electron chi connectivity index (χ3n) is 4.49. The lowest BCUT2D eigenvalue weighted by Crippen LogP contribution is -2.22. The first-order valence-corrected chi connectivity index (χ1v) is 12.4. The molecule has 0 aromatic heterocycles. The number of ether oxygens (including phenoxy) is 2. The summed E-state index contributed by atoms with van der Waals surface area (Å²) in [5.41, 5.74) is -0.497. The molecule has 0 saturated heterocycles. The van der Waals surface area contributed by atoms with Gasteiger partial charge in [0.25, 0.3) is 15.9 Å². The first kappa shape index (κ1) is 27.2. The molecule has 0 spiro atoms. The molecule has 0 saturated carbocycles. The number of nitrogens with one attached hydrogen (secondary N) is 2. The summed E-state index contributed by atoms with van der Waals surface area (Å²) in [6.07, 6.45) is 0. The molecule has 3 aromatic rings. The number of sulfonamides is 1. The molecule has 0 unspecified atom stereocenters. The summed E-state index contributed by atoms with van der Waals surface area (Å²) in [6.45, 7) is 1.38. The van der Waals surface area contributed by atoms with Crippen molar-refractivity contribution in [1.29, 1.82) is 0 Å². The maximum absolute atomic E-state index is 13.7. The molecule has 36 heavy (non-hydrogen) atoms. The lowest BCUT2D eigenvalue weighted by molar-refractivity contribution is -0.119. The van der Waals surface area contributed by atoms with Crippen LogP contribution in [0.1, 0.15) is 17.3 Å². The SMILES string of the molecule is CCOc1ccc(NS(=O)(=O)c2cc(C(=O)OCC(=O)Nc3ccc(F)cc3F)c(Cl)cc2Cl)cc1. The van der Waals surface area contributed by atoms with Gasteiger partial charge in [-0.15, -0.1) is 0 Å². The van der Waals surface area contributed by atoms with E-state index in [1.807, 2.05) is 0 Å². The smallest absolute Gasteiger partial charge is 0.340 e. The molecule has 0 aliphatic carbocycles. The zero-order valence-electron chi connectivity index (χ0n) is 18.5. The van der Waals surface area contributed by atoms with Crippen molar-refractivity contribution >= 4 is 56.5 Å². The molecule has 0 aliphatic heterocycles. The number of carbonyl (C=O) groups is 2. The molecule has 0 radical (unpaired) electrons. The summed E-state index contributed by atoms with van der Waals surface area (Å²) in [4.78, 5) is 24.0. The zero-order chi connectivity index (χ0) is 26.5. The van der Waals surface area contributed by atoms with Crippen LogP contribution in [-0.2, 0) is 19.6 Å². The second-order valence-corrected chi connectivity index (χ2v) is 9.54.